The predicted molar refractivity (Wildman–Crippen MR) is 76.8 cm³/mol. The van der Waals surface area contributed by atoms with Gasteiger partial charge in [0.25, 0.3) is 0 Å². The van der Waals surface area contributed by atoms with E-state index in [0.717, 1.165) is 32.1 Å². The quantitative estimate of drug-likeness (QED) is 0.471. The number of ether oxygens (including phenoxy) is 1. The lowest BCUT2D eigenvalue weighted by Gasteiger charge is -2.38. The van der Waals surface area contributed by atoms with Gasteiger partial charge in [0, 0.05) is 5.54 Å². The second-order valence-electron chi connectivity index (χ2n) is 6.95. The summed E-state index contributed by atoms with van der Waals surface area (Å²) >= 11 is 0. The number of allylic oxidation sites excluding steroid dienone is 1. The molecule has 0 bridgehead atoms. The van der Waals surface area contributed by atoms with E-state index in [0.29, 0.717) is 17.9 Å². The summed E-state index contributed by atoms with van der Waals surface area (Å²) in [5.41, 5.74) is 0.0284. The average molecular weight is 265 g/mol. The van der Waals surface area contributed by atoms with Crippen LogP contribution in [0, 0.1) is 11.8 Å². The maximum atomic E-state index is 10.6. The lowest BCUT2D eigenvalue weighted by Crippen LogP contribution is -2.46. The molecule has 1 saturated heterocycles. The van der Waals surface area contributed by atoms with Crippen LogP contribution in [0.15, 0.2) is 12.2 Å². The molecule has 3 nitrogen and oxygen atoms in total. The fourth-order valence-corrected chi connectivity index (χ4v) is 3.24. The fraction of sp³-hybridized carbons (Fsp3) is 0.812. The van der Waals surface area contributed by atoms with Gasteiger partial charge in [-0.25, -0.2) is 0 Å². The normalized spacial score (nSPS) is 42.6. The van der Waals surface area contributed by atoms with Gasteiger partial charge in [0.05, 0.1) is 5.60 Å². The molecule has 1 aliphatic heterocycles. The van der Waals surface area contributed by atoms with E-state index < -0.39 is 0 Å². The van der Waals surface area contributed by atoms with Crippen molar-refractivity contribution in [3.8, 4) is 0 Å². The minimum Gasteiger partial charge on any atom is -0.362 e. The Kier molecular flexibility index (Phi) is 4.05. The van der Waals surface area contributed by atoms with Crippen LogP contribution in [-0.2, 0) is 9.53 Å². The molecule has 108 valence electrons. The van der Waals surface area contributed by atoms with Gasteiger partial charge >= 0.3 is 0 Å². The molecule has 2 aliphatic rings. The largest absolute Gasteiger partial charge is 0.362 e. The van der Waals surface area contributed by atoms with Crippen LogP contribution in [0.2, 0.25) is 0 Å². The molecule has 0 radical (unpaired) electrons. The van der Waals surface area contributed by atoms with Crippen molar-refractivity contribution in [2.75, 3.05) is 0 Å². The summed E-state index contributed by atoms with van der Waals surface area (Å²) in [6.07, 6.45) is 9.97. The molecule has 0 aromatic heterocycles. The van der Waals surface area contributed by atoms with Crippen molar-refractivity contribution in [2.24, 2.45) is 11.8 Å². The van der Waals surface area contributed by atoms with Gasteiger partial charge in [0.15, 0.2) is 0 Å². The topological polar surface area (TPSA) is 41.6 Å². The molecular weight excluding hydrogens is 238 g/mol. The monoisotopic (exact) mass is 265 g/mol. The van der Waals surface area contributed by atoms with E-state index >= 15 is 0 Å². The Bertz CT molecular complexity index is 356. The minimum atomic E-state index is -0.00717. The number of hydrogen-bond acceptors (Lipinski definition) is 2. The zero-order chi connectivity index (χ0) is 14.1. The van der Waals surface area contributed by atoms with Crippen LogP contribution in [0.4, 0.5) is 0 Å². The minimum absolute atomic E-state index is 0.00717. The van der Waals surface area contributed by atoms with Crippen LogP contribution in [0.5, 0.6) is 0 Å². The van der Waals surface area contributed by atoms with E-state index in [-0.39, 0.29) is 11.1 Å². The van der Waals surface area contributed by atoms with Crippen molar-refractivity contribution in [3.63, 3.8) is 0 Å². The molecule has 2 rings (SSSR count). The standard InChI is InChI=1S/C16H27NO2/c1-12(2)5-6-14-16(4,19-14)13-7-9-15(3,10-8-13)17-11-18/h5-6,11-14H,7-10H2,1-4H3,(H,17,18)/b6-5+/t13?,14-,15?,16?/m1/s1. The highest BCUT2D eigenvalue weighted by molar-refractivity contribution is 5.47. The predicted octanol–water partition coefficient (Wildman–Crippen LogP) is 3.05. The maximum absolute atomic E-state index is 10.6. The Hall–Kier alpha value is -0.830. The lowest BCUT2D eigenvalue weighted by atomic mass is 9.72. The molecule has 1 aliphatic carbocycles. The molecule has 1 amide bonds. The maximum Gasteiger partial charge on any atom is 0.207 e. The third-order valence-electron chi connectivity index (χ3n) is 4.87. The first-order valence-electron chi connectivity index (χ1n) is 7.47. The number of carbonyl (C=O) groups is 1. The zero-order valence-corrected chi connectivity index (χ0v) is 12.6. The summed E-state index contributed by atoms with van der Waals surface area (Å²) in [4.78, 5) is 10.6. The summed E-state index contributed by atoms with van der Waals surface area (Å²) in [5, 5.41) is 2.97. The molecular formula is C16H27NO2. The number of epoxide rings is 1. The first kappa shape index (κ1) is 14.6. The van der Waals surface area contributed by atoms with Crippen LogP contribution in [0.25, 0.3) is 0 Å². The van der Waals surface area contributed by atoms with E-state index in [9.17, 15) is 4.79 Å². The molecule has 3 heteroatoms. The first-order chi connectivity index (χ1) is 8.89. The van der Waals surface area contributed by atoms with E-state index in [1.165, 1.54) is 0 Å². The van der Waals surface area contributed by atoms with Crippen molar-refractivity contribution in [2.45, 2.75) is 70.6 Å². The van der Waals surface area contributed by atoms with Gasteiger partial charge in [0.2, 0.25) is 6.41 Å². The number of carbonyl (C=O) groups excluding carboxylic acids is 1. The number of nitrogens with one attached hydrogen (secondary N) is 1. The average Bonchev–Trinajstić information content (AvgIpc) is 3.00. The second kappa shape index (κ2) is 5.28. The molecule has 1 unspecified atom stereocenters. The SMILES string of the molecule is CC(C)/C=C/[C@H]1OC1(C)C1CCC(C)(NC=O)CC1. The highest BCUT2D eigenvalue weighted by atomic mass is 16.6. The summed E-state index contributed by atoms with van der Waals surface area (Å²) < 4.78 is 5.95. The van der Waals surface area contributed by atoms with Crippen molar-refractivity contribution in [1.82, 2.24) is 5.32 Å². The van der Waals surface area contributed by atoms with Gasteiger partial charge < -0.3 is 10.1 Å². The lowest BCUT2D eigenvalue weighted by molar-refractivity contribution is -0.111. The molecule has 1 N–H and O–H groups in total. The third kappa shape index (κ3) is 3.19. The zero-order valence-electron chi connectivity index (χ0n) is 12.6. The molecule has 2 atom stereocenters. The molecule has 1 heterocycles. The van der Waals surface area contributed by atoms with E-state index in [1.54, 1.807) is 0 Å². The van der Waals surface area contributed by atoms with Crippen molar-refractivity contribution in [1.29, 1.82) is 0 Å². The molecule has 0 aromatic rings. The van der Waals surface area contributed by atoms with E-state index in [1.807, 2.05) is 0 Å². The van der Waals surface area contributed by atoms with Gasteiger partial charge in [-0.3, -0.25) is 4.79 Å². The Labute approximate surface area is 116 Å². The van der Waals surface area contributed by atoms with Crippen LogP contribution in [0.1, 0.15) is 53.4 Å². The number of hydrogen-bond donors (Lipinski definition) is 1. The Morgan fingerprint density at radius 1 is 1.26 bits per heavy atom. The first-order valence-corrected chi connectivity index (χ1v) is 7.47. The van der Waals surface area contributed by atoms with Crippen molar-refractivity contribution < 1.29 is 9.53 Å². The summed E-state index contributed by atoms with van der Waals surface area (Å²) in [5.74, 6) is 1.20. The highest BCUT2D eigenvalue weighted by Crippen LogP contribution is 2.50. The molecule has 2 fully saturated rings. The summed E-state index contributed by atoms with van der Waals surface area (Å²) in [6, 6.07) is 0. The number of rotatable bonds is 5. The molecule has 19 heavy (non-hydrogen) atoms. The third-order valence-corrected chi connectivity index (χ3v) is 4.87. The molecule has 1 saturated carbocycles. The van der Waals surface area contributed by atoms with Crippen LogP contribution in [-0.4, -0.2) is 23.7 Å². The fourth-order valence-electron chi connectivity index (χ4n) is 3.24. The smallest absolute Gasteiger partial charge is 0.207 e. The van der Waals surface area contributed by atoms with Crippen LogP contribution >= 0.6 is 0 Å². The van der Waals surface area contributed by atoms with Gasteiger partial charge in [-0.2, -0.15) is 0 Å². The van der Waals surface area contributed by atoms with Gasteiger partial charge in [-0.1, -0.05) is 26.0 Å². The second-order valence-corrected chi connectivity index (χ2v) is 6.95. The van der Waals surface area contributed by atoms with Crippen molar-refractivity contribution in [3.05, 3.63) is 12.2 Å². The van der Waals surface area contributed by atoms with Crippen LogP contribution < -0.4 is 5.32 Å². The van der Waals surface area contributed by atoms with E-state index in [4.69, 9.17) is 4.74 Å². The van der Waals surface area contributed by atoms with Crippen LogP contribution in [0.3, 0.4) is 0 Å². The van der Waals surface area contributed by atoms with Gasteiger partial charge in [0.1, 0.15) is 6.10 Å². The number of amides is 1. The Morgan fingerprint density at radius 3 is 2.42 bits per heavy atom. The highest BCUT2D eigenvalue weighted by Gasteiger charge is 2.56. The van der Waals surface area contributed by atoms with E-state index in [2.05, 4.69) is 45.2 Å². The molecule has 0 spiro atoms. The summed E-state index contributed by atoms with van der Waals surface area (Å²) in [6.45, 7) is 8.76. The van der Waals surface area contributed by atoms with Gasteiger partial charge in [-0.15, -0.1) is 0 Å². The van der Waals surface area contributed by atoms with Crippen molar-refractivity contribution >= 4 is 6.41 Å². The Balaban J connectivity index is 1.87. The Morgan fingerprint density at radius 2 is 1.89 bits per heavy atom. The molecule has 0 aromatic carbocycles. The van der Waals surface area contributed by atoms with Gasteiger partial charge in [-0.05, 0) is 51.4 Å². The summed E-state index contributed by atoms with van der Waals surface area (Å²) in [7, 11) is 0.